The van der Waals surface area contributed by atoms with Crippen molar-refractivity contribution in [3.05, 3.63) is 33.7 Å². The quantitative estimate of drug-likeness (QED) is 0.736. The summed E-state index contributed by atoms with van der Waals surface area (Å²) in [4.78, 5) is 42.4. The summed E-state index contributed by atoms with van der Waals surface area (Å²) in [6.45, 7) is 0.940. The van der Waals surface area contributed by atoms with Gasteiger partial charge in [-0.1, -0.05) is 17.7 Å². The lowest BCUT2D eigenvalue weighted by Gasteiger charge is -2.58. The zero-order valence-corrected chi connectivity index (χ0v) is 18.5. The molecule has 6 atom stereocenters. The number of nitrogens with two attached hydrogens (primary N) is 1. The van der Waals surface area contributed by atoms with Crippen LogP contribution in [0.1, 0.15) is 44.6 Å². The van der Waals surface area contributed by atoms with Crippen LogP contribution in [0.2, 0.25) is 5.02 Å². The Balaban J connectivity index is 1.17. The molecule has 0 radical (unpaired) electrons. The average Bonchev–Trinajstić information content (AvgIpc) is 3.34. The van der Waals surface area contributed by atoms with Crippen LogP contribution in [0.4, 0.5) is 4.79 Å². The van der Waals surface area contributed by atoms with Crippen LogP contribution in [0.3, 0.4) is 0 Å². The number of amides is 2. The number of rotatable bonds is 3. The maximum absolute atomic E-state index is 13.1. The molecule has 8 nitrogen and oxygen atoms in total. The lowest BCUT2D eigenvalue weighted by Crippen LogP contribution is -2.59. The number of para-hydroxylation sites is 1. The Morgan fingerprint density at radius 3 is 2.66 bits per heavy atom. The van der Waals surface area contributed by atoms with Gasteiger partial charge in [-0.3, -0.25) is 9.36 Å². The number of aromatic amines is 1. The smallest absolute Gasteiger partial charge is 0.410 e. The highest BCUT2D eigenvalue weighted by Crippen LogP contribution is 2.60. The SMILES string of the molecule is NC(=O)C12CC3CC(C1)C(OC(=O)N1CC[C@@H](n4c(=O)[nH]c5cccc(Cl)c54)C1)[C@@H](C3)C2. The number of aromatic nitrogens is 2. The zero-order chi connectivity index (χ0) is 22.2. The fraction of sp³-hybridized carbons (Fsp3) is 0.609. The molecule has 5 aliphatic rings. The summed E-state index contributed by atoms with van der Waals surface area (Å²) < 4.78 is 7.73. The monoisotopic (exact) mass is 458 g/mol. The van der Waals surface area contributed by atoms with Gasteiger partial charge in [0.05, 0.1) is 27.5 Å². The van der Waals surface area contributed by atoms with Crippen molar-refractivity contribution < 1.29 is 14.3 Å². The minimum absolute atomic E-state index is 0.143. The van der Waals surface area contributed by atoms with Gasteiger partial charge in [-0.05, 0) is 68.4 Å². The first kappa shape index (κ1) is 20.1. The van der Waals surface area contributed by atoms with Gasteiger partial charge in [-0.15, -0.1) is 0 Å². The van der Waals surface area contributed by atoms with Crippen LogP contribution < -0.4 is 11.4 Å². The number of likely N-dealkylation sites (tertiary alicyclic amines) is 1. The predicted octanol–water partition coefficient (Wildman–Crippen LogP) is 3.05. The van der Waals surface area contributed by atoms with Crippen LogP contribution in [0.15, 0.2) is 23.0 Å². The van der Waals surface area contributed by atoms with Crippen molar-refractivity contribution in [3.8, 4) is 0 Å². The zero-order valence-electron chi connectivity index (χ0n) is 17.8. The highest BCUT2D eigenvalue weighted by atomic mass is 35.5. The van der Waals surface area contributed by atoms with Crippen molar-refractivity contribution >= 4 is 34.6 Å². The normalized spacial score (nSPS) is 35.5. The molecule has 4 saturated carbocycles. The first-order chi connectivity index (χ1) is 15.3. The number of nitrogens with zero attached hydrogens (tertiary/aromatic N) is 2. The summed E-state index contributed by atoms with van der Waals surface area (Å²) in [5.74, 6) is 0.758. The van der Waals surface area contributed by atoms with Crippen molar-refractivity contribution in [2.75, 3.05) is 13.1 Å². The largest absolute Gasteiger partial charge is 0.446 e. The van der Waals surface area contributed by atoms with E-state index in [1.807, 2.05) is 6.07 Å². The number of benzene rings is 1. The Bertz CT molecular complexity index is 1160. The molecule has 9 heteroatoms. The van der Waals surface area contributed by atoms with Gasteiger partial charge in [0.2, 0.25) is 5.91 Å². The number of primary amides is 1. The Kier molecular flexibility index (Phi) is 4.41. The summed E-state index contributed by atoms with van der Waals surface area (Å²) in [6.07, 6.45) is 4.58. The van der Waals surface area contributed by atoms with Crippen molar-refractivity contribution in [1.29, 1.82) is 0 Å². The number of hydrogen-bond acceptors (Lipinski definition) is 4. The van der Waals surface area contributed by atoms with Crippen LogP contribution in [-0.4, -0.2) is 45.6 Å². The van der Waals surface area contributed by atoms with E-state index in [4.69, 9.17) is 22.1 Å². The molecular weight excluding hydrogens is 432 g/mol. The fourth-order valence-corrected chi connectivity index (χ4v) is 7.53. The Labute approximate surface area is 190 Å². The molecule has 2 aromatic rings. The fourth-order valence-electron chi connectivity index (χ4n) is 7.27. The Morgan fingerprint density at radius 1 is 1.19 bits per heavy atom. The molecule has 1 aromatic heterocycles. The summed E-state index contributed by atoms with van der Waals surface area (Å²) in [7, 11) is 0. The standard InChI is InChI=1S/C23H27ClN4O4/c24-16-2-1-3-17-18(16)28(21(30)26-17)15-4-5-27(11-15)22(31)32-19-13-6-12-7-14(19)10-23(8-12,9-13)20(25)29/h1-3,12-15,19H,4-11H2,(H2,25,29)(H,26,30)/t12?,13-,14?,15+,19?,23?/m0/s1. The summed E-state index contributed by atoms with van der Waals surface area (Å²) in [5.41, 5.74) is 6.53. The van der Waals surface area contributed by atoms with E-state index in [1.54, 1.807) is 21.6 Å². The number of ether oxygens (including phenoxy) is 1. The molecule has 170 valence electrons. The predicted molar refractivity (Wildman–Crippen MR) is 118 cm³/mol. The molecule has 0 spiro atoms. The van der Waals surface area contributed by atoms with Crippen LogP contribution in [0.25, 0.3) is 11.0 Å². The molecule has 3 N–H and O–H groups in total. The molecule has 4 bridgehead atoms. The number of imidazole rings is 1. The molecule has 32 heavy (non-hydrogen) atoms. The van der Waals surface area contributed by atoms with E-state index < -0.39 is 5.41 Å². The number of nitrogens with one attached hydrogen (secondary N) is 1. The van der Waals surface area contributed by atoms with Crippen LogP contribution in [-0.2, 0) is 9.53 Å². The van der Waals surface area contributed by atoms with Crippen LogP contribution in [0, 0.1) is 23.2 Å². The van der Waals surface area contributed by atoms with Gasteiger partial charge in [-0.2, -0.15) is 0 Å². The Morgan fingerprint density at radius 2 is 1.94 bits per heavy atom. The number of carbonyl (C=O) groups excluding carboxylic acids is 2. The molecule has 4 unspecified atom stereocenters. The van der Waals surface area contributed by atoms with E-state index in [-0.39, 0.29) is 41.7 Å². The number of hydrogen-bond donors (Lipinski definition) is 2. The number of H-pyrrole nitrogens is 1. The third-order valence-corrected chi connectivity index (χ3v) is 8.73. The van der Waals surface area contributed by atoms with Gasteiger partial charge in [0, 0.05) is 13.1 Å². The number of fused-ring (bicyclic) bond motifs is 1. The van der Waals surface area contributed by atoms with Gasteiger partial charge in [0.1, 0.15) is 6.10 Å². The molecule has 5 fully saturated rings. The van der Waals surface area contributed by atoms with E-state index in [1.165, 1.54) is 0 Å². The second-order valence-corrected chi connectivity index (χ2v) is 10.7. The number of halogens is 1. The lowest BCUT2D eigenvalue weighted by molar-refractivity contribution is -0.161. The second kappa shape index (κ2) is 7.01. The summed E-state index contributed by atoms with van der Waals surface area (Å²) in [5, 5.41) is 0.513. The molecule has 1 aromatic carbocycles. The minimum Gasteiger partial charge on any atom is -0.446 e. The van der Waals surface area contributed by atoms with E-state index in [2.05, 4.69) is 4.98 Å². The molecule has 4 aliphatic carbocycles. The van der Waals surface area contributed by atoms with Crippen molar-refractivity contribution in [2.45, 2.75) is 50.7 Å². The maximum Gasteiger partial charge on any atom is 0.410 e. The van der Waals surface area contributed by atoms with Crippen molar-refractivity contribution in [3.63, 3.8) is 0 Å². The first-order valence-electron chi connectivity index (χ1n) is 11.5. The highest BCUT2D eigenvalue weighted by Gasteiger charge is 2.59. The summed E-state index contributed by atoms with van der Waals surface area (Å²) in [6, 6.07) is 5.24. The molecule has 1 saturated heterocycles. The second-order valence-electron chi connectivity index (χ2n) is 10.3. The molecule has 2 heterocycles. The highest BCUT2D eigenvalue weighted by molar-refractivity contribution is 6.34. The van der Waals surface area contributed by atoms with E-state index >= 15 is 0 Å². The van der Waals surface area contributed by atoms with Crippen LogP contribution in [0.5, 0.6) is 0 Å². The third-order valence-electron chi connectivity index (χ3n) is 8.42. The van der Waals surface area contributed by atoms with E-state index in [0.717, 1.165) is 32.1 Å². The molecular formula is C23H27ClN4O4. The topological polar surface area (TPSA) is 110 Å². The van der Waals surface area contributed by atoms with Gasteiger partial charge in [0.25, 0.3) is 0 Å². The van der Waals surface area contributed by atoms with Crippen molar-refractivity contribution in [2.24, 2.45) is 28.9 Å². The maximum atomic E-state index is 13.1. The van der Waals surface area contributed by atoms with Gasteiger partial charge >= 0.3 is 11.8 Å². The minimum atomic E-state index is -0.395. The summed E-state index contributed by atoms with van der Waals surface area (Å²) >= 11 is 6.37. The number of carbonyl (C=O) groups is 2. The van der Waals surface area contributed by atoms with Crippen LogP contribution >= 0.6 is 11.6 Å². The lowest BCUT2D eigenvalue weighted by atomic mass is 9.48. The van der Waals surface area contributed by atoms with E-state index in [9.17, 15) is 14.4 Å². The van der Waals surface area contributed by atoms with Gasteiger partial charge in [0.15, 0.2) is 0 Å². The van der Waals surface area contributed by atoms with Gasteiger partial charge < -0.3 is 20.4 Å². The third kappa shape index (κ3) is 2.91. The molecule has 1 aliphatic heterocycles. The van der Waals surface area contributed by atoms with Crippen molar-refractivity contribution in [1.82, 2.24) is 14.5 Å². The average molecular weight is 459 g/mol. The molecule has 7 rings (SSSR count). The molecule has 2 amide bonds. The Hall–Kier alpha value is -2.48. The van der Waals surface area contributed by atoms with E-state index in [0.29, 0.717) is 41.5 Å². The first-order valence-corrected chi connectivity index (χ1v) is 11.9. The van der Waals surface area contributed by atoms with Gasteiger partial charge in [-0.25, -0.2) is 9.59 Å².